The molecular formula is C10H18N4O. The molecule has 5 nitrogen and oxygen atoms in total. The molecule has 0 unspecified atom stereocenters. The number of nitrogens with zero attached hydrogens (tertiary/aromatic N) is 2. The summed E-state index contributed by atoms with van der Waals surface area (Å²) in [7, 11) is 0. The summed E-state index contributed by atoms with van der Waals surface area (Å²) in [5, 5.41) is 4.31. The molecule has 1 aromatic heterocycles. The molecule has 0 atom stereocenters. The van der Waals surface area contributed by atoms with Crippen LogP contribution in [0.1, 0.15) is 49.2 Å². The lowest BCUT2D eigenvalue weighted by Gasteiger charge is -2.01. The van der Waals surface area contributed by atoms with Crippen LogP contribution in [0.3, 0.4) is 0 Å². The van der Waals surface area contributed by atoms with Crippen molar-refractivity contribution in [3.05, 3.63) is 11.3 Å². The van der Waals surface area contributed by atoms with Gasteiger partial charge in [0, 0.05) is 6.54 Å². The fourth-order valence-electron chi connectivity index (χ4n) is 1.53. The minimum Gasteiger partial charge on any atom is -0.383 e. The minimum atomic E-state index is -0.501. The Bertz CT molecular complexity index is 368. The van der Waals surface area contributed by atoms with E-state index < -0.39 is 5.91 Å². The third-order valence-electron chi connectivity index (χ3n) is 2.25. The number of rotatable bonds is 4. The van der Waals surface area contributed by atoms with Crippen LogP contribution in [-0.4, -0.2) is 15.7 Å². The Morgan fingerprint density at radius 1 is 1.53 bits per heavy atom. The van der Waals surface area contributed by atoms with Crippen LogP contribution in [0, 0.1) is 0 Å². The molecule has 1 rings (SSSR count). The van der Waals surface area contributed by atoms with Crippen LogP contribution in [-0.2, 0) is 6.54 Å². The van der Waals surface area contributed by atoms with Crippen LogP contribution in [0.2, 0.25) is 0 Å². The fourth-order valence-corrected chi connectivity index (χ4v) is 1.53. The Kier molecular flexibility index (Phi) is 3.34. The first-order valence-electron chi connectivity index (χ1n) is 5.15. The van der Waals surface area contributed by atoms with Crippen molar-refractivity contribution in [2.75, 3.05) is 5.73 Å². The van der Waals surface area contributed by atoms with E-state index in [-0.39, 0.29) is 5.92 Å². The molecule has 15 heavy (non-hydrogen) atoms. The largest absolute Gasteiger partial charge is 0.383 e. The Labute approximate surface area is 89.4 Å². The summed E-state index contributed by atoms with van der Waals surface area (Å²) in [6.45, 7) is 6.66. The normalized spacial score (nSPS) is 10.9. The van der Waals surface area contributed by atoms with E-state index in [9.17, 15) is 4.79 Å². The highest BCUT2D eigenvalue weighted by molar-refractivity contribution is 5.98. The molecule has 4 N–H and O–H groups in total. The van der Waals surface area contributed by atoms with Gasteiger partial charge in [-0.2, -0.15) is 5.10 Å². The Balaban J connectivity index is 3.26. The van der Waals surface area contributed by atoms with Gasteiger partial charge in [-0.25, -0.2) is 4.68 Å². The molecule has 1 amide bonds. The predicted octanol–water partition coefficient (Wildman–Crippen LogP) is 1.10. The number of nitrogen functional groups attached to an aromatic ring is 1. The number of carbonyl (C=O) groups excluding carboxylic acids is 1. The van der Waals surface area contributed by atoms with Gasteiger partial charge in [-0.1, -0.05) is 20.8 Å². The van der Waals surface area contributed by atoms with E-state index in [1.54, 1.807) is 4.68 Å². The quantitative estimate of drug-likeness (QED) is 0.780. The van der Waals surface area contributed by atoms with Crippen LogP contribution in [0.5, 0.6) is 0 Å². The van der Waals surface area contributed by atoms with Gasteiger partial charge in [-0.05, 0) is 12.3 Å². The maximum atomic E-state index is 11.3. The molecule has 0 spiro atoms. The number of carbonyl (C=O) groups is 1. The molecule has 1 heterocycles. The number of amides is 1. The molecule has 0 aliphatic rings. The van der Waals surface area contributed by atoms with E-state index >= 15 is 0 Å². The van der Waals surface area contributed by atoms with Crippen LogP contribution in [0.25, 0.3) is 0 Å². The number of aryl methyl sites for hydroxylation is 1. The van der Waals surface area contributed by atoms with Crippen LogP contribution < -0.4 is 11.5 Å². The fraction of sp³-hybridized carbons (Fsp3) is 0.600. The number of nitrogens with two attached hydrogens (primary N) is 2. The number of primary amides is 1. The highest BCUT2D eigenvalue weighted by atomic mass is 16.1. The van der Waals surface area contributed by atoms with Crippen LogP contribution in [0.15, 0.2) is 0 Å². The first kappa shape index (κ1) is 11.6. The molecule has 0 saturated carbocycles. The van der Waals surface area contributed by atoms with Crippen LogP contribution in [0.4, 0.5) is 5.82 Å². The average Bonchev–Trinajstić information content (AvgIpc) is 2.44. The zero-order valence-corrected chi connectivity index (χ0v) is 9.45. The summed E-state index contributed by atoms with van der Waals surface area (Å²) in [5.74, 6) is 0.0273. The van der Waals surface area contributed by atoms with E-state index in [0.29, 0.717) is 23.6 Å². The average molecular weight is 210 g/mol. The van der Waals surface area contributed by atoms with Gasteiger partial charge in [0.25, 0.3) is 5.91 Å². The predicted molar refractivity (Wildman–Crippen MR) is 59.5 cm³/mol. The second kappa shape index (κ2) is 4.33. The van der Waals surface area contributed by atoms with Crippen molar-refractivity contribution in [3.63, 3.8) is 0 Å². The zero-order chi connectivity index (χ0) is 11.6. The van der Waals surface area contributed by atoms with Gasteiger partial charge in [-0.3, -0.25) is 4.79 Å². The number of hydrogen-bond acceptors (Lipinski definition) is 3. The van der Waals surface area contributed by atoms with Gasteiger partial charge >= 0.3 is 0 Å². The minimum absolute atomic E-state index is 0.146. The van der Waals surface area contributed by atoms with Gasteiger partial charge in [0.1, 0.15) is 11.4 Å². The number of hydrogen-bond donors (Lipinski definition) is 2. The smallest absolute Gasteiger partial charge is 0.254 e. The molecule has 84 valence electrons. The summed E-state index contributed by atoms with van der Waals surface area (Å²) < 4.78 is 1.65. The molecule has 0 bridgehead atoms. The van der Waals surface area contributed by atoms with E-state index in [2.05, 4.69) is 5.10 Å². The van der Waals surface area contributed by atoms with Gasteiger partial charge in [0.15, 0.2) is 0 Å². The van der Waals surface area contributed by atoms with Crippen molar-refractivity contribution in [1.82, 2.24) is 9.78 Å². The number of anilines is 1. The molecule has 0 fully saturated rings. The second-order valence-electron chi connectivity index (χ2n) is 3.89. The highest BCUT2D eigenvalue weighted by Gasteiger charge is 2.21. The Morgan fingerprint density at radius 3 is 2.47 bits per heavy atom. The van der Waals surface area contributed by atoms with E-state index in [1.165, 1.54) is 0 Å². The van der Waals surface area contributed by atoms with E-state index in [4.69, 9.17) is 11.5 Å². The van der Waals surface area contributed by atoms with Crippen molar-refractivity contribution < 1.29 is 4.79 Å². The summed E-state index contributed by atoms with van der Waals surface area (Å²) >= 11 is 0. The summed E-state index contributed by atoms with van der Waals surface area (Å²) in [5.41, 5.74) is 12.2. The van der Waals surface area contributed by atoms with Gasteiger partial charge in [-0.15, -0.1) is 0 Å². The number of aromatic nitrogens is 2. The lowest BCUT2D eigenvalue weighted by molar-refractivity contribution is 0.1000. The topological polar surface area (TPSA) is 86.9 Å². The maximum Gasteiger partial charge on any atom is 0.254 e. The van der Waals surface area contributed by atoms with Gasteiger partial charge < -0.3 is 11.5 Å². The Morgan fingerprint density at radius 2 is 2.13 bits per heavy atom. The SMILES string of the molecule is CCCn1nc(C(C)C)c(C(N)=O)c1N. The first-order chi connectivity index (χ1) is 6.99. The molecular weight excluding hydrogens is 192 g/mol. The maximum absolute atomic E-state index is 11.3. The van der Waals surface area contributed by atoms with Gasteiger partial charge in [0.05, 0.1) is 5.69 Å². The lowest BCUT2D eigenvalue weighted by atomic mass is 10.1. The van der Waals surface area contributed by atoms with Crippen molar-refractivity contribution in [3.8, 4) is 0 Å². The van der Waals surface area contributed by atoms with Crippen molar-refractivity contribution in [2.24, 2.45) is 5.73 Å². The summed E-state index contributed by atoms with van der Waals surface area (Å²) in [6, 6.07) is 0. The molecule has 0 aliphatic heterocycles. The lowest BCUT2D eigenvalue weighted by Crippen LogP contribution is -2.15. The molecule has 0 aliphatic carbocycles. The second-order valence-corrected chi connectivity index (χ2v) is 3.89. The summed E-state index contributed by atoms with van der Waals surface area (Å²) in [4.78, 5) is 11.3. The molecule has 0 saturated heterocycles. The van der Waals surface area contributed by atoms with Crippen molar-refractivity contribution >= 4 is 11.7 Å². The zero-order valence-electron chi connectivity index (χ0n) is 9.45. The third kappa shape index (κ3) is 2.11. The Hall–Kier alpha value is -1.52. The van der Waals surface area contributed by atoms with Gasteiger partial charge in [0.2, 0.25) is 0 Å². The molecule has 0 radical (unpaired) electrons. The van der Waals surface area contributed by atoms with Crippen LogP contribution >= 0.6 is 0 Å². The highest BCUT2D eigenvalue weighted by Crippen LogP contribution is 2.23. The summed E-state index contributed by atoms with van der Waals surface area (Å²) in [6.07, 6.45) is 0.918. The van der Waals surface area contributed by atoms with E-state index in [1.807, 2.05) is 20.8 Å². The first-order valence-corrected chi connectivity index (χ1v) is 5.15. The standard InChI is InChI=1S/C10H18N4O/c1-4-5-14-9(11)7(10(12)15)8(13-14)6(2)3/h6H,4-5,11H2,1-3H3,(H2,12,15). The van der Waals surface area contributed by atoms with Crippen molar-refractivity contribution in [1.29, 1.82) is 0 Å². The van der Waals surface area contributed by atoms with Crippen molar-refractivity contribution in [2.45, 2.75) is 39.7 Å². The van der Waals surface area contributed by atoms with E-state index in [0.717, 1.165) is 6.42 Å². The molecule has 5 heteroatoms. The molecule has 0 aromatic carbocycles. The monoisotopic (exact) mass is 210 g/mol. The molecule has 1 aromatic rings. The third-order valence-corrected chi connectivity index (χ3v) is 2.25.